The van der Waals surface area contributed by atoms with Gasteiger partial charge in [-0.1, -0.05) is 0 Å². The van der Waals surface area contributed by atoms with Gasteiger partial charge in [-0.25, -0.2) is 0 Å². The maximum absolute atomic E-state index is 12.9. The third-order valence-electron chi connectivity index (χ3n) is 4.21. The van der Waals surface area contributed by atoms with Crippen LogP contribution < -0.4 is 10.2 Å². The quantitative estimate of drug-likeness (QED) is 0.921. The lowest BCUT2D eigenvalue weighted by Gasteiger charge is -2.34. The molecule has 1 saturated heterocycles. The van der Waals surface area contributed by atoms with Gasteiger partial charge in [-0.05, 0) is 43.2 Å². The van der Waals surface area contributed by atoms with Gasteiger partial charge in [0.15, 0.2) is 0 Å². The van der Waals surface area contributed by atoms with Gasteiger partial charge in [-0.3, -0.25) is 0 Å². The number of alkyl halides is 3. The molecule has 1 fully saturated rings. The molecule has 130 valence electrons. The average Bonchev–Trinajstić information content (AvgIpc) is 2.62. The first kappa shape index (κ1) is 17.0. The number of aromatic nitrogens is 2. The van der Waals surface area contributed by atoms with Crippen molar-refractivity contribution in [2.24, 2.45) is 0 Å². The van der Waals surface area contributed by atoms with Crippen LogP contribution in [0.5, 0.6) is 0 Å². The monoisotopic (exact) mass is 347 g/mol. The van der Waals surface area contributed by atoms with Crippen molar-refractivity contribution in [2.75, 3.05) is 23.3 Å². The fourth-order valence-electron chi connectivity index (χ4n) is 2.94. The molecule has 1 aliphatic heterocycles. The molecule has 25 heavy (non-hydrogen) atoms. The average molecular weight is 347 g/mol. The number of nitriles is 1. The Kier molecular flexibility index (Phi) is 4.74. The van der Waals surface area contributed by atoms with E-state index in [0.29, 0.717) is 24.6 Å². The largest absolute Gasteiger partial charge is 0.417 e. The van der Waals surface area contributed by atoms with Crippen molar-refractivity contribution in [2.45, 2.75) is 25.1 Å². The molecule has 0 atom stereocenters. The third kappa shape index (κ3) is 3.99. The summed E-state index contributed by atoms with van der Waals surface area (Å²) in [6.45, 7) is 1.38. The molecule has 1 N–H and O–H groups in total. The lowest BCUT2D eigenvalue weighted by atomic mass is 10.0. The van der Waals surface area contributed by atoms with Crippen molar-refractivity contribution in [3.8, 4) is 6.07 Å². The van der Waals surface area contributed by atoms with E-state index in [1.165, 1.54) is 12.1 Å². The number of piperidine rings is 1. The SMILES string of the molecule is N#Cc1cc(N2CCC(Nc3cccnn3)CC2)ccc1C(F)(F)F. The molecular formula is C17H16F3N5. The molecule has 0 amide bonds. The Labute approximate surface area is 143 Å². The van der Waals surface area contributed by atoms with E-state index < -0.39 is 11.7 Å². The fourth-order valence-corrected chi connectivity index (χ4v) is 2.94. The number of hydrogen-bond donors (Lipinski definition) is 1. The van der Waals surface area contributed by atoms with Crippen LogP contribution in [-0.4, -0.2) is 29.3 Å². The molecule has 0 aliphatic carbocycles. The second-order valence-corrected chi connectivity index (χ2v) is 5.85. The van der Waals surface area contributed by atoms with Crippen molar-refractivity contribution in [1.29, 1.82) is 5.26 Å². The van der Waals surface area contributed by atoms with E-state index >= 15 is 0 Å². The minimum Gasteiger partial charge on any atom is -0.371 e. The number of rotatable bonds is 3. The summed E-state index contributed by atoms with van der Waals surface area (Å²) in [4.78, 5) is 2.00. The van der Waals surface area contributed by atoms with Crippen LogP contribution in [0, 0.1) is 11.3 Å². The van der Waals surface area contributed by atoms with Crippen LogP contribution in [0.25, 0.3) is 0 Å². The van der Waals surface area contributed by atoms with Crippen LogP contribution in [-0.2, 0) is 6.18 Å². The van der Waals surface area contributed by atoms with E-state index in [4.69, 9.17) is 5.26 Å². The van der Waals surface area contributed by atoms with Crippen LogP contribution in [0.4, 0.5) is 24.7 Å². The highest BCUT2D eigenvalue weighted by atomic mass is 19.4. The normalized spacial score (nSPS) is 15.7. The molecule has 1 aromatic heterocycles. The molecule has 8 heteroatoms. The van der Waals surface area contributed by atoms with Gasteiger partial charge in [0.05, 0.1) is 17.2 Å². The van der Waals surface area contributed by atoms with Crippen LogP contribution in [0.3, 0.4) is 0 Å². The first-order valence-corrected chi connectivity index (χ1v) is 7.88. The zero-order valence-corrected chi connectivity index (χ0v) is 13.3. The Morgan fingerprint density at radius 2 is 1.96 bits per heavy atom. The summed E-state index contributed by atoms with van der Waals surface area (Å²) in [5.41, 5.74) is -0.592. The maximum atomic E-state index is 12.9. The second-order valence-electron chi connectivity index (χ2n) is 5.85. The zero-order chi connectivity index (χ0) is 17.9. The van der Waals surface area contributed by atoms with Crippen molar-refractivity contribution in [3.63, 3.8) is 0 Å². The van der Waals surface area contributed by atoms with Gasteiger partial charge in [-0.15, -0.1) is 5.10 Å². The van der Waals surface area contributed by atoms with Crippen LogP contribution in [0.2, 0.25) is 0 Å². The van der Waals surface area contributed by atoms with Gasteiger partial charge in [0, 0.05) is 31.0 Å². The predicted molar refractivity (Wildman–Crippen MR) is 87.0 cm³/mol. The molecule has 0 saturated carbocycles. The van der Waals surface area contributed by atoms with E-state index in [0.717, 1.165) is 18.9 Å². The molecule has 5 nitrogen and oxygen atoms in total. The summed E-state index contributed by atoms with van der Waals surface area (Å²) < 4.78 is 38.7. The first-order valence-electron chi connectivity index (χ1n) is 7.88. The van der Waals surface area contributed by atoms with Gasteiger partial charge in [-0.2, -0.15) is 23.5 Å². The maximum Gasteiger partial charge on any atom is 0.417 e. The summed E-state index contributed by atoms with van der Waals surface area (Å²) in [5, 5.41) is 20.1. The van der Waals surface area contributed by atoms with Crippen molar-refractivity contribution >= 4 is 11.5 Å². The number of anilines is 2. The van der Waals surface area contributed by atoms with Crippen LogP contribution >= 0.6 is 0 Å². The highest BCUT2D eigenvalue weighted by molar-refractivity contribution is 5.55. The Morgan fingerprint density at radius 1 is 1.20 bits per heavy atom. The molecular weight excluding hydrogens is 331 g/mol. The Balaban J connectivity index is 1.66. The highest BCUT2D eigenvalue weighted by Gasteiger charge is 2.34. The summed E-state index contributed by atoms with van der Waals surface area (Å²) in [6, 6.07) is 9.26. The third-order valence-corrected chi connectivity index (χ3v) is 4.21. The van der Waals surface area contributed by atoms with E-state index in [1.54, 1.807) is 18.3 Å². The highest BCUT2D eigenvalue weighted by Crippen LogP contribution is 2.34. The number of benzene rings is 1. The smallest absolute Gasteiger partial charge is 0.371 e. The lowest BCUT2D eigenvalue weighted by molar-refractivity contribution is -0.137. The Bertz CT molecular complexity index is 762. The number of halogens is 3. The molecule has 1 aromatic carbocycles. The fraction of sp³-hybridized carbons (Fsp3) is 0.353. The molecule has 0 bridgehead atoms. The van der Waals surface area contributed by atoms with E-state index in [2.05, 4.69) is 15.5 Å². The van der Waals surface area contributed by atoms with Gasteiger partial charge < -0.3 is 10.2 Å². The van der Waals surface area contributed by atoms with Crippen molar-refractivity contribution in [1.82, 2.24) is 10.2 Å². The molecule has 0 radical (unpaired) electrons. The van der Waals surface area contributed by atoms with Crippen molar-refractivity contribution in [3.05, 3.63) is 47.7 Å². The van der Waals surface area contributed by atoms with E-state index in [9.17, 15) is 13.2 Å². The van der Waals surface area contributed by atoms with E-state index in [-0.39, 0.29) is 11.6 Å². The molecule has 1 aliphatic rings. The Hall–Kier alpha value is -2.82. The molecule has 0 spiro atoms. The predicted octanol–water partition coefficient (Wildman–Crippen LogP) is 3.45. The molecule has 0 unspecified atom stereocenters. The molecule has 2 aromatic rings. The standard InChI is InChI=1S/C17H16F3N5/c18-17(19,20)15-4-3-14(10-12(15)11-21)25-8-5-13(6-9-25)23-16-2-1-7-22-24-16/h1-4,7,10,13H,5-6,8-9H2,(H,23,24). The number of hydrogen-bond acceptors (Lipinski definition) is 5. The molecule has 2 heterocycles. The summed E-state index contributed by atoms with van der Waals surface area (Å²) >= 11 is 0. The number of nitrogens with one attached hydrogen (secondary N) is 1. The van der Waals surface area contributed by atoms with Crippen molar-refractivity contribution < 1.29 is 13.2 Å². The van der Waals surface area contributed by atoms with Gasteiger partial charge in [0.1, 0.15) is 5.82 Å². The van der Waals surface area contributed by atoms with Gasteiger partial charge in [0.25, 0.3) is 0 Å². The Morgan fingerprint density at radius 3 is 2.56 bits per heavy atom. The van der Waals surface area contributed by atoms with Gasteiger partial charge >= 0.3 is 6.18 Å². The minimum atomic E-state index is -4.52. The number of nitrogens with zero attached hydrogens (tertiary/aromatic N) is 4. The lowest BCUT2D eigenvalue weighted by Crippen LogP contribution is -2.39. The summed E-state index contributed by atoms with van der Waals surface area (Å²) in [7, 11) is 0. The minimum absolute atomic E-state index is 0.234. The summed E-state index contributed by atoms with van der Waals surface area (Å²) in [6.07, 6.45) is -1.28. The summed E-state index contributed by atoms with van der Waals surface area (Å²) in [5.74, 6) is 0.710. The van der Waals surface area contributed by atoms with Crippen LogP contribution in [0.1, 0.15) is 24.0 Å². The second kappa shape index (κ2) is 6.97. The first-order chi connectivity index (χ1) is 12.0. The zero-order valence-electron chi connectivity index (χ0n) is 13.3. The van der Waals surface area contributed by atoms with Crippen LogP contribution in [0.15, 0.2) is 36.5 Å². The molecule has 3 rings (SSSR count). The van der Waals surface area contributed by atoms with E-state index in [1.807, 2.05) is 11.0 Å². The van der Waals surface area contributed by atoms with Gasteiger partial charge in [0.2, 0.25) is 0 Å². The topological polar surface area (TPSA) is 64.8 Å².